The maximum atomic E-state index is 13.1. The van der Waals surface area contributed by atoms with Gasteiger partial charge < -0.3 is 9.47 Å². The van der Waals surface area contributed by atoms with Gasteiger partial charge in [0, 0.05) is 19.5 Å². The van der Waals surface area contributed by atoms with Crippen molar-refractivity contribution in [3.05, 3.63) is 47.0 Å². The molecule has 1 aromatic heterocycles. The highest BCUT2D eigenvalue weighted by Gasteiger charge is 2.32. The molecule has 1 aliphatic carbocycles. The number of hydrogen-bond acceptors (Lipinski definition) is 3. The van der Waals surface area contributed by atoms with Crippen molar-refractivity contribution in [1.29, 1.82) is 0 Å². The highest BCUT2D eigenvalue weighted by molar-refractivity contribution is 5.84. The molecule has 2 aromatic rings. The smallest absolute Gasteiger partial charge is 0.230 e. The molecule has 23 heavy (non-hydrogen) atoms. The molecule has 5 nitrogen and oxygen atoms in total. The fourth-order valence-corrected chi connectivity index (χ4v) is 3.90. The molecule has 0 spiro atoms. The number of amides is 1. The second-order valence-electron chi connectivity index (χ2n) is 6.44. The van der Waals surface area contributed by atoms with E-state index < -0.39 is 0 Å². The van der Waals surface area contributed by atoms with Crippen LogP contribution in [0.5, 0.6) is 0 Å². The van der Waals surface area contributed by atoms with E-state index in [0.29, 0.717) is 6.54 Å². The van der Waals surface area contributed by atoms with Gasteiger partial charge in [0.1, 0.15) is 5.82 Å². The topological polar surface area (TPSA) is 51.0 Å². The molecular weight excluding hydrogens is 288 g/mol. The minimum Gasteiger partial charge on any atom is -0.333 e. The Balaban J connectivity index is 1.57. The summed E-state index contributed by atoms with van der Waals surface area (Å²) in [6.07, 6.45) is 4.03. The van der Waals surface area contributed by atoms with Crippen molar-refractivity contribution in [2.24, 2.45) is 0 Å². The van der Waals surface area contributed by atoms with Crippen LogP contribution >= 0.6 is 0 Å². The van der Waals surface area contributed by atoms with Gasteiger partial charge in [0.25, 0.3) is 0 Å². The number of aryl methyl sites for hydroxylation is 2. The van der Waals surface area contributed by atoms with E-state index >= 15 is 0 Å². The average Bonchev–Trinajstić information content (AvgIpc) is 3.03. The lowest BCUT2D eigenvalue weighted by atomic mass is 9.82. The number of carbonyl (C=O) groups is 1. The van der Waals surface area contributed by atoms with E-state index in [4.69, 9.17) is 0 Å². The van der Waals surface area contributed by atoms with Gasteiger partial charge in [-0.3, -0.25) is 4.79 Å². The van der Waals surface area contributed by atoms with E-state index in [9.17, 15) is 4.79 Å². The molecule has 0 bridgehead atoms. The lowest BCUT2D eigenvalue weighted by Gasteiger charge is -2.33. The maximum absolute atomic E-state index is 13.1. The van der Waals surface area contributed by atoms with Crippen molar-refractivity contribution in [3.8, 4) is 0 Å². The fraction of sp³-hybridized carbons (Fsp3) is 0.500. The number of rotatable bonds is 2. The molecule has 0 unspecified atom stereocenters. The minimum atomic E-state index is 0.0140. The first kappa shape index (κ1) is 14.4. The summed E-state index contributed by atoms with van der Waals surface area (Å²) in [6.45, 7) is 4.25. The van der Waals surface area contributed by atoms with Gasteiger partial charge >= 0.3 is 0 Å². The van der Waals surface area contributed by atoms with Crippen LogP contribution in [0.25, 0.3) is 0 Å². The van der Waals surface area contributed by atoms with E-state index in [0.717, 1.165) is 50.4 Å². The van der Waals surface area contributed by atoms with Crippen LogP contribution in [0.1, 0.15) is 48.5 Å². The SMILES string of the molecule is CCc1nnc2n1CCN(C(=O)[C@@H]1CCCc3ccccc31)C2. The van der Waals surface area contributed by atoms with Gasteiger partial charge in [-0.25, -0.2) is 0 Å². The first-order valence-corrected chi connectivity index (χ1v) is 8.55. The Labute approximate surface area is 136 Å². The highest BCUT2D eigenvalue weighted by atomic mass is 16.2. The Hall–Kier alpha value is -2.17. The number of benzene rings is 1. The lowest BCUT2D eigenvalue weighted by molar-refractivity contribution is -0.134. The van der Waals surface area contributed by atoms with E-state index in [1.54, 1.807) is 0 Å². The zero-order chi connectivity index (χ0) is 15.8. The van der Waals surface area contributed by atoms with Crippen LogP contribution in [0.2, 0.25) is 0 Å². The van der Waals surface area contributed by atoms with Gasteiger partial charge in [-0.2, -0.15) is 0 Å². The molecular formula is C18H22N4O. The van der Waals surface area contributed by atoms with E-state index in [-0.39, 0.29) is 11.8 Å². The number of hydrogen-bond donors (Lipinski definition) is 0. The number of fused-ring (bicyclic) bond motifs is 2. The third kappa shape index (κ3) is 2.44. The highest BCUT2D eigenvalue weighted by Crippen LogP contribution is 2.33. The molecule has 2 aliphatic rings. The van der Waals surface area contributed by atoms with E-state index in [1.807, 2.05) is 11.0 Å². The summed E-state index contributed by atoms with van der Waals surface area (Å²) in [6, 6.07) is 8.40. The molecule has 5 heteroatoms. The van der Waals surface area contributed by atoms with Crippen LogP contribution in [-0.4, -0.2) is 32.1 Å². The van der Waals surface area contributed by atoms with Crippen molar-refractivity contribution < 1.29 is 4.79 Å². The summed E-state index contributed by atoms with van der Waals surface area (Å²) in [5.41, 5.74) is 2.57. The number of aromatic nitrogens is 3. The Morgan fingerprint density at radius 3 is 3.00 bits per heavy atom. The molecule has 0 fully saturated rings. The molecule has 2 heterocycles. The summed E-state index contributed by atoms with van der Waals surface area (Å²) < 4.78 is 2.17. The summed E-state index contributed by atoms with van der Waals surface area (Å²) in [4.78, 5) is 15.0. The van der Waals surface area contributed by atoms with Gasteiger partial charge in [0.15, 0.2) is 5.82 Å². The van der Waals surface area contributed by atoms with Crippen LogP contribution < -0.4 is 0 Å². The summed E-state index contributed by atoms with van der Waals surface area (Å²) in [5, 5.41) is 8.50. The number of carbonyl (C=O) groups excluding carboxylic acids is 1. The second-order valence-corrected chi connectivity index (χ2v) is 6.44. The standard InChI is InChI=1S/C18H22N4O/c1-2-16-19-20-17-12-21(10-11-22(16)17)18(23)15-9-5-7-13-6-3-4-8-14(13)15/h3-4,6,8,15H,2,5,7,9-12H2,1H3/t15-/m1/s1. The predicted molar refractivity (Wildman–Crippen MR) is 86.9 cm³/mol. The quantitative estimate of drug-likeness (QED) is 0.855. The first-order chi connectivity index (χ1) is 11.3. The molecule has 1 aliphatic heterocycles. The molecule has 0 saturated heterocycles. The predicted octanol–water partition coefficient (Wildman–Crippen LogP) is 2.30. The average molecular weight is 310 g/mol. The number of nitrogens with zero attached hydrogens (tertiary/aromatic N) is 4. The zero-order valence-corrected chi connectivity index (χ0v) is 13.5. The molecule has 1 amide bonds. The summed E-state index contributed by atoms with van der Waals surface area (Å²) in [7, 11) is 0. The fourth-order valence-electron chi connectivity index (χ4n) is 3.90. The van der Waals surface area contributed by atoms with Gasteiger partial charge in [0.05, 0.1) is 12.5 Å². The molecule has 1 atom stereocenters. The van der Waals surface area contributed by atoms with Crippen molar-refractivity contribution in [3.63, 3.8) is 0 Å². The van der Waals surface area contributed by atoms with Crippen molar-refractivity contribution >= 4 is 5.91 Å². The van der Waals surface area contributed by atoms with Crippen LogP contribution in [0.3, 0.4) is 0 Å². The largest absolute Gasteiger partial charge is 0.333 e. The zero-order valence-electron chi connectivity index (χ0n) is 13.5. The van der Waals surface area contributed by atoms with Crippen LogP contribution in [0, 0.1) is 0 Å². The lowest BCUT2D eigenvalue weighted by Crippen LogP contribution is -2.42. The van der Waals surface area contributed by atoms with Crippen LogP contribution in [-0.2, 0) is 30.7 Å². The van der Waals surface area contributed by atoms with Gasteiger partial charge in [-0.15, -0.1) is 10.2 Å². The Kier molecular flexibility index (Phi) is 3.63. The van der Waals surface area contributed by atoms with Gasteiger partial charge in [-0.1, -0.05) is 31.2 Å². The second kappa shape index (κ2) is 5.80. The van der Waals surface area contributed by atoms with Crippen molar-refractivity contribution in [2.45, 2.75) is 51.6 Å². The molecule has 1 aromatic carbocycles. The van der Waals surface area contributed by atoms with Gasteiger partial charge in [-0.05, 0) is 30.4 Å². The van der Waals surface area contributed by atoms with Crippen molar-refractivity contribution in [1.82, 2.24) is 19.7 Å². The van der Waals surface area contributed by atoms with E-state index in [1.165, 1.54) is 11.1 Å². The van der Waals surface area contributed by atoms with Crippen LogP contribution in [0.4, 0.5) is 0 Å². The molecule has 0 saturated carbocycles. The molecule has 0 radical (unpaired) electrons. The molecule has 4 rings (SSSR count). The van der Waals surface area contributed by atoms with Gasteiger partial charge in [0.2, 0.25) is 5.91 Å². The first-order valence-electron chi connectivity index (χ1n) is 8.55. The summed E-state index contributed by atoms with van der Waals surface area (Å²) in [5.74, 6) is 2.21. The third-order valence-electron chi connectivity index (χ3n) is 5.13. The minimum absolute atomic E-state index is 0.0140. The monoisotopic (exact) mass is 310 g/mol. The van der Waals surface area contributed by atoms with Crippen molar-refractivity contribution in [2.75, 3.05) is 6.54 Å². The molecule has 0 N–H and O–H groups in total. The third-order valence-corrected chi connectivity index (χ3v) is 5.13. The molecule has 120 valence electrons. The normalized spacial score (nSPS) is 20.0. The Bertz CT molecular complexity index is 736. The Morgan fingerprint density at radius 1 is 1.26 bits per heavy atom. The maximum Gasteiger partial charge on any atom is 0.230 e. The summed E-state index contributed by atoms with van der Waals surface area (Å²) >= 11 is 0. The van der Waals surface area contributed by atoms with E-state index in [2.05, 4.69) is 39.9 Å². The van der Waals surface area contributed by atoms with Crippen LogP contribution in [0.15, 0.2) is 24.3 Å². The Morgan fingerprint density at radius 2 is 2.13 bits per heavy atom.